The number of quaternary nitrogens is 1. The number of nitro groups is 1. The zero-order valence-electron chi connectivity index (χ0n) is 17.7. The zero-order valence-corrected chi connectivity index (χ0v) is 17.7. The van der Waals surface area contributed by atoms with Crippen molar-refractivity contribution >= 4 is 23.3 Å². The highest BCUT2D eigenvalue weighted by Crippen LogP contribution is 2.38. The van der Waals surface area contributed by atoms with Gasteiger partial charge in [-0.25, -0.2) is 0 Å². The first-order chi connectivity index (χ1) is 15.2. The molecule has 3 aliphatic rings. The first-order valence-corrected chi connectivity index (χ1v) is 10.2. The Morgan fingerprint density at radius 2 is 1.72 bits per heavy atom. The monoisotopic (exact) mass is 432 g/mol. The summed E-state index contributed by atoms with van der Waals surface area (Å²) in [6.45, 7) is 4.83. The van der Waals surface area contributed by atoms with Crippen molar-refractivity contribution in [2.45, 2.75) is 19.3 Å². The number of carbonyl (C=O) groups is 3. The van der Waals surface area contributed by atoms with Crippen LogP contribution in [0.25, 0.3) is 0 Å². The summed E-state index contributed by atoms with van der Waals surface area (Å²) in [7, 11) is 0. The van der Waals surface area contributed by atoms with Gasteiger partial charge >= 0.3 is 0 Å². The van der Waals surface area contributed by atoms with Crippen LogP contribution >= 0.6 is 0 Å². The summed E-state index contributed by atoms with van der Waals surface area (Å²) in [5.41, 5.74) is 2.78. The highest BCUT2D eigenvalue weighted by molar-refractivity contribution is 6.12. The molecular formula is C24H22N3O5+. The Hall–Kier alpha value is -3.91. The Bertz CT molecular complexity index is 1180. The number of ketones is 1. The van der Waals surface area contributed by atoms with Gasteiger partial charge in [0.2, 0.25) is 0 Å². The summed E-state index contributed by atoms with van der Waals surface area (Å²) in [6, 6.07) is 7.94. The van der Waals surface area contributed by atoms with E-state index in [4.69, 9.17) is 0 Å². The van der Waals surface area contributed by atoms with E-state index in [0.29, 0.717) is 6.54 Å². The Morgan fingerprint density at radius 1 is 1.03 bits per heavy atom. The van der Waals surface area contributed by atoms with Crippen molar-refractivity contribution in [3.63, 3.8) is 0 Å². The van der Waals surface area contributed by atoms with Crippen LogP contribution in [-0.2, 0) is 19.8 Å². The molecule has 2 heterocycles. The summed E-state index contributed by atoms with van der Waals surface area (Å²) >= 11 is 0. The van der Waals surface area contributed by atoms with Gasteiger partial charge in [-0.3, -0.25) is 34.3 Å². The summed E-state index contributed by atoms with van der Waals surface area (Å²) in [5, 5.41) is 11.1. The number of rotatable bonds is 5. The van der Waals surface area contributed by atoms with Crippen LogP contribution in [-0.4, -0.2) is 40.5 Å². The van der Waals surface area contributed by atoms with Gasteiger partial charge < -0.3 is 0 Å². The van der Waals surface area contributed by atoms with E-state index < -0.39 is 4.92 Å². The van der Waals surface area contributed by atoms with Gasteiger partial charge in [0.1, 0.15) is 17.9 Å². The maximum atomic E-state index is 12.3. The molecule has 32 heavy (non-hydrogen) atoms. The van der Waals surface area contributed by atoms with E-state index in [1.165, 1.54) is 35.3 Å². The minimum absolute atomic E-state index is 0.147. The van der Waals surface area contributed by atoms with Crippen molar-refractivity contribution < 1.29 is 24.2 Å². The predicted molar refractivity (Wildman–Crippen MR) is 116 cm³/mol. The van der Waals surface area contributed by atoms with Gasteiger partial charge in [-0.2, -0.15) is 0 Å². The van der Waals surface area contributed by atoms with Gasteiger partial charge in [0.25, 0.3) is 17.5 Å². The SMILES string of the molecule is CC1(C)C(=CC=C2C=C([N+](=O)[O-])C=CC2=O)[NH+](CCN2C(=O)C=CC2=O)c2ccccc21. The molecule has 0 aromatic heterocycles. The fourth-order valence-corrected chi connectivity index (χ4v) is 4.36. The first kappa shape index (κ1) is 21.3. The summed E-state index contributed by atoms with van der Waals surface area (Å²) in [4.78, 5) is 49.0. The van der Waals surface area contributed by atoms with Crippen LogP contribution < -0.4 is 4.90 Å². The summed E-state index contributed by atoms with van der Waals surface area (Å²) in [5.74, 6) is -0.960. The number of carbonyl (C=O) groups excluding carboxylic acids is 3. The molecule has 1 aliphatic carbocycles. The van der Waals surface area contributed by atoms with Crippen molar-refractivity contribution in [3.05, 3.63) is 99.4 Å². The number of nitrogens with zero attached hydrogens (tertiary/aromatic N) is 2. The lowest BCUT2D eigenvalue weighted by molar-refractivity contribution is -0.787. The van der Waals surface area contributed by atoms with Crippen LogP contribution in [0.3, 0.4) is 0 Å². The standard InChI is InChI=1S/C24H21N3O5/c1-24(2)18-5-3-4-6-19(18)25(13-14-26-22(29)11-12-23(26)30)21(24)10-7-16-15-17(27(31)32)8-9-20(16)28/h3-12,15H,13-14H2,1-2H3/p+1. The Kier molecular flexibility index (Phi) is 5.31. The Balaban J connectivity index is 1.70. The topological polar surface area (TPSA) is 102 Å². The van der Waals surface area contributed by atoms with E-state index in [9.17, 15) is 24.5 Å². The molecule has 0 saturated heterocycles. The lowest BCUT2D eigenvalue weighted by Crippen LogP contribution is -3.05. The minimum Gasteiger partial charge on any atom is -0.289 e. The predicted octanol–water partition coefficient (Wildman–Crippen LogP) is 1.53. The third-order valence-corrected chi connectivity index (χ3v) is 6.04. The molecule has 0 fully saturated rings. The molecule has 4 rings (SSSR count). The summed E-state index contributed by atoms with van der Waals surface area (Å²) in [6.07, 6.45) is 9.61. The van der Waals surface area contributed by atoms with Gasteiger partial charge in [0.15, 0.2) is 5.78 Å². The number of hydrogen-bond acceptors (Lipinski definition) is 5. The fourth-order valence-electron chi connectivity index (χ4n) is 4.36. The number of hydrogen-bond donors (Lipinski definition) is 1. The number of para-hydroxylation sites is 1. The number of nitrogens with one attached hydrogen (secondary N) is 1. The maximum Gasteiger partial charge on any atom is 0.270 e. The normalized spacial score (nSPS) is 23.9. The van der Waals surface area contributed by atoms with Crippen molar-refractivity contribution in [2.75, 3.05) is 13.1 Å². The van der Waals surface area contributed by atoms with E-state index in [2.05, 4.69) is 13.8 Å². The number of imide groups is 1. The molecule has 162 valence electrons. The summed E-state index contributed by atoms with van der Waals surface area (Å²) < 4.78 is 0. The molecule has 1 aromatic carbocycles. The Morgan fingerprint density at radius 3 is 2.41 bits per heavy atom. The molecule has 2 aliphatic heterocycles. The van der Waals surface area contributed by atoms with E-state index >= 15 is 0 Å². The Labute approximate surface area is 184 Å². The van der Waals surface area contributed by atoms with Gasteiger partial charge in [-0.05, 0) is 38.1 Å². The highest BCUT2D eigenvalue weighted by Gasteiger charge is 2.45. The van der Waals surface area contributed by atoms with Crippen molar-refractivity contribution in [2.24, 2.45) is 0 Å². The molecule has 1 atom stereocenters. The lowest BCUT2D eigenvalue weighted by atomic mass is 9.83. The van der Waals surface area contributed by atoms with Crippen LogP contribution in [0.2, 0.25) is 0 Å². The van der Waals surface area contributed by atoms with Gasteiger partial charge in [-0.1, -0.05) is 18.2 Å². The van der Waals surface area contributed by atoms with Crippen molar-refractivity contribution in [1.29, 1.82) is 0 Å². The third kappa shape index (κ3) is 3.65. The molecule has 8 heteroatoms. The fraction of sp³-hybridized carbons (Fsp3) is 0.208. The largest absolute Gasteiger partial charge is 0.289 e. The van der Waals surface area contributed by atoms with Crippen LogP contribution in [0.1, 0.15) is 19.4 Å². The molecular weight excluding hydrogens is 410 g/mol. The van der Waals surface area contributed by atoms with E-state index in [1.54, 1.807) is 6.08 Å². The van der Waals surface area contributed by atoms with Crippen molar-refractivity contribution in [3.8, 4) is 0 Å². The van der Waals surface area contributed by atoms with Crippen LogP contribution in [0.4, 0.5) is 5.69 Å². The average molecular weight is 432 g/mol. The highest BCUT2D eigenvalue weighted by atomic mass is 16.6. The molecule has 0 saturated carbocycles. The molecule has 1 aromatic rings. The van der Waals surface area contributed by atoms with Crippen LogP contribution in [0.5, 0.6) is 0 Å². The van der Waals surface area contributed by atoms with Gasteiger partial charge in [-0.15, -0.1) is 0 Å². The molecule has 0 bridgehead atoms. The second-order valence-corrected chi connectivity index (χ2v) is 8.29. The number of fused-ring (bicyclic) bond motifs is 1. The number of allylic oxidation sites excluding steroid dienone is 7. The van der Waals surface area contributed by atoms with Gasteiger partial charge in [0, 0.05) is 35.4 Å². The first-order valence-electron chi connectivity index (χ1n) is 10.2. The van der Waals surface area contributed by atoms with E-state index in [0.717, 1.165) is 21.8 Å². The minimum atomic E-state index is -0.533. The van der Waals surface area contributed by atoms with Crippen LogP contribution in [0, 0.1) is 10.1 Å². The second-order valence-electron chi connectivity index (χ2n) is 8.29. The second kappa shape index (κ2) is 7.97. The number of benzene rings is 1. The van der Waals surface area contributed by atoms with E-state index in [1.807, 2.05) is 30.3 Å². The molecule has 8 nitrogen and oxygen atoms in total. The van der Waals surface area contributed by atoms with Crippen molar-refractivity contribution in [1.82, 2.24) is 4.90 Å². The maximum absolute atomic E-state index is 12.3. The number of amides is 2. The smallest absolute Gasteiger partial charge is 0.270 e. The zero-order chi connectivity index (χ0) is 23.0. The quantitative estimate of drug-likeness (QED) is 0.329. The molecule has 1 N–H and O–H groups in total. The molecule has 2 amide bonds. The lowest BCUT2D eigenvalue weighted by Gasteiger charge is -2.23. The van der Waals surface area contributed by atoms with Crippen LogP contribution in [0.15, 0.2) is 83.8 Å². The third-order valence-electron chi connectivity index (χ3n) is 6.04. The van der Waals surface area contributed by atoms with Gasteiger partial charge in [0.05, 0.1) is 16.9 Å². The van der Waals surface area contributed by atoms with E-state index in [-0.39, 0.29) is 40.8 Å². The average Bonchev–Trinajstić information content (AvgIpc) is 3.19. The molecule has 0 radical (unpaired) electrons. The molecule has 0 spiro atoms. The molecule has 1 unspecified atom stereocenters.